The number of carbonyl (C=O) groups excluding carboxylic acids is 1. The van der Waals surface area contributed by atoms with Crippen LogP contribution in [0.5, 0.6) is 17.2 Å². The van der Waals surface area contributed by atoms with Gasteiger partial charge >= 0.3 is 0 Å². The zero-order chi connectivity index (χ0) is 17.5. The van der Waals surface area contributed by atoms with Gasteiger partial charge in [-0.3, -0.25) is 4.79 Å². The van der Waals surface area contributed by atoms with Crippen molar-refractivity contribution in [2.75, 3.05) is 11.9 Å². The molecule has 1 N–H and O–H groups in total. The number of amides is 1. The number of nitrogens with one attached hydrogen (secondary N) is 1. The summed E-state index contributed by atoms with van der Waals surface area (Å²) in [6.45, 7) is -0.0872. The van der Waals surface area contributed by atoms with E-state index in [2.05, 4.69) is 21.2 Å². The van der Waals surface area contributed by atoms with Gasteiger partial charge < -0.3 is 14.8 Å². The van der Waals surface area contributed by atoms with Crippen LogP contribution in [0.4, 0.5) is 5.69 Å². The Balaban J connectivity index is 1.63. The van der Waals surface area contributed by atoms with E-state index in [4.69, 9.17) is 9.47 Å². The Kier molecular flexibility index (Phi) is 5.69. The summed E-state index contributed by atoms with van der Waals surface area (Å²) >= 11 is 3.37. The zero-order valence-electron chi connectivity index (χ0n) is 13.3. The van der Waals surface area contributed by atoms with Gasteiger partial charge in [-0.05, 0) is 42.5 Å². The van der Waals surface area contributed by atoms with Crippen LogP contribution in [-0.4, -0.2) is 12.5 Å². The molecule has 0 aliphatic carbocycles. The van der Waals surface area contributed by atoms with Crippen molar-refractivity contribution in [3.8, 4) is 17.2 Å². The Bertz CT molecular complexity index is 852. The third kappa shape index (κ3) is 5.09. The van der Waals surface area contributed by atoms with E-state index in [0.717, 1.165) is 4.47 Å². The predicted molar refractivity (Wildman–Crippen MR) is 101 cm³/mol. The summed E-state index contributed by atoms with van der Waals surface area (Å²) < 4.78 is 12.2. The van der Waals surface area contributed by atoms with Crippen LogP contribution in [0.15, 0.2) is 83.3 Å². The molecule has 1 amide bonds. The summed E-state index contributed by atoms with van der Waals surface area (Å²) in [4.78, 5) is 12.2. The predicted octanol–water partition coefficient (Wildman–Crippen LogP) is 5.26. The van der Waals surface area contributed by atoms with E-state index in [-0.39, 0.29) is 12.5 Å². The van der Waals surface area contributed by atoms with Crippen molar-refractivity contribution in [1.82, 2.24) is 0 Å². The van der Waals surface area contributed by atoms with Crippen LogP contribution in [-0.2, 0) is 4.79 Å². The molecule has 5 heteroatoms. The van der Waals surface area contributed by atoms with Gasteiger partial charge in [0.2, 0.25) is 0 Å². The number of carbonyl (C=O) groups is 1. The average molecular weight is 398 g/mol. The molecule has 0 aromatic heterocycles. The van der Waals surface area contributed by atoms with E-state index in [9.17, 15) is 4.79 Å². The largest absolute Gasteiger partial charge is 0.484 e. The molecule has 0 saturated heterocycles. The molecule has 0 radical (unpaired) electrons. The number of benzene rings is 3. The number of halogens is 1. The summed E-state index contributed by atoms with van der Waals surface area (Å²) in [6, 6.07) is 24.0. The first-order valence-corrected chi connectivity index (χ1v) is 8.50. The smallest absolute Gasteiger partial charge is 0.262 e. The molecular weight excluding hydrogens is 382 g/mol. The van der Waals surface area contributed by atoms with Gasteiger partial charge in [0.1, 0.15) is 11.5 Å². The van der Waals surface area contributed by atoms with Crippen molar-refractivity contribution in [2.45, 2.75) is 0 Å². The molecule has 0 atom stereocenters. The number of rotatable bonds is 6. The lowest BCUT2D eigenvalue weighted by molar-refractivity contribution is -0.118. The van der Waals surface area contributed by atoms with E-state index >= 15 is 0 Å². The maximum absolute atomic E-state index is 12.2. The third-order valence-corrected chi connectivity index (χ3v) is 3.79. The first-order chi connectivity index (χ1) is 12.2. The fourth-order valence-electron chi connectivity index (χ4n) is 2.17. The van der Waals surface area contributed by atoms with Gasteiger partial charge in [0.15, 0.2) is 12.4 Å². The lowest BCUT2D eigenvalue weighted by Crippen LogP contribution is -2.20. The summed E-state index contributed by atoms with van der Waals surface area (Å²) in [5.41, 5.74) is 0.592. The van der Waals surface area contributed by atoms with Crippen LogP contribution in [0.2, 0.25) is 0 Å². The van der Waals surface area contributed by atoms with Gasteiger partial charge in [-0.25, -0.2) is 0 Å². The highest BCUT2D eigenvalue weighted by Crippen LogP contribution is 2.29. The molecule has 0 bridgehead atoms. The van der Waals surface area contributed by atoms with Gasteiger partial charge in [0.05, 0.1) is 5.69 Å². The van der Waals surface area contributed by atoms with Crippen LogP contribution >= 0.6 is 15.9 Å². The van der Waals surface area contributed by atoms with Crippen LogP contribution in [0.1, 0.15) is 0 Å². The normalized spacial score (nSPS) is 10.1. The van der Waals surface area contributed by atoms with E-state index in [1.54, 1.807) is 24.3 Å². The maximum Gasteiger partial charge on any atom is 0.262 e. The summed E-state index contributed by atoms with van der Waals surface area (Å²) in [5.74, 6) is 1.64. The van der Waals surface area contributed by atoms with Crippen molar-refractivity contribution in [3.05, 3.63) is 83.3 Å². The molecule has 3 aromatic carbocycles. The van der Waals surface area contributed by atoms with Crippen LogP contribution in [0.3, 0.4) is 0 Å². The fraction of sp³-hybridized carbons (Fsp3) is 0.0500. The molecule has 3 aromatic rings. The summed E-state index contributed by atoms with van der Waals surface area (Å²) in [6.07, 6.45) is 0. The van der Waals surface area contributed by atoms with Crippen LogP contribution in [0, 0.1) is 0 Å². The molecule has 0 saturated carbocycles. The Morgan fingerprint density at radius 2 is 1.60 bits per heavy atom. The lowest BCUT2D eigenvalue weighted by atomic mass is 10.3. The van der Waals surface area contributed by atoms with Crippen molar-refractivity contribution >= 4 is 27.5 Å². The number of ether oxygens (including phenoxy) is 2. The molecule has 0 aliphatic heterocycles. The van der Waals surface area contributed by atoms with Gasteiger partial charge in [-0.2, -0.15) is 0 Å². The number of hydrogen-bond acceptors (Lipinski definition) is 3. The van der Waals surface area contributed by atoms with Crippen molar-refractivity contribution in [2.24, 2.45) is 0 Å². The highest BCUT2D eigenvalue weighted by molar-refractivity contribution is 9.10. The molecule has 0 aliphatic rings. The minimum absolute atomic E-state index is 0.0872. The second-order valence-corrected chi connectivity index (χ2v) is 6.12. The molecule has 25 heavy (non-hydrogen) atoms. The number of anilines is 1. The number of para-hydroxylation sites is 3. The van der Waals surface area contributed by atoms with E-state index in [1.807, 2.05) is 54.6 Å². The van der Waals surface area contributed by atoms with Crippen LogP contribution < -0.4 is 14.8 Å². The second-order valence-electron chi connectivity index (χ2n) is 5.21. The SMILES string of the molecule is O=C(COc1cccc(Br)c1)Nc1ccccc1Oc1ccccc1. The quantitative estimate of drug-likeness (QED) is 0.616. The van der Waals surface area contributed by atoms with Crippen molar-refractivity contribution in [1.29, 1.82) is 0 Å². The van der Waals surface area contributed by atoms with E-state index in [0.29, 0.717) is 22.9 Å². The van der Waals surface area contributed by atoms with Gasteiger partial charge in [-0.1, -0.05) is 52.3 Å². The van der Waals surface area contributed by atoms with Crippen molar-refractivity contribution < 1.29 is 14.3 Å². The molecule has 3 rings (SSSR count). The molecular formula is C20H16BrNO3. The first kappa shape index (κ1) is 17.0. The Labute approximate surface area is 154 Å². The maximum atomic E-state index is 12.2. The summed E-state index contributed by atoms with van der Waals surface area (Å²) in [7, 11) is 0. The molecule has 4 nitrogen and oxygen atoms in total. The number of hydrogen-bond donors (Lipinski definition) is 1. The lowest BCUT2D eigenvalue weighted by Gasteiger charge is -2.12. The Hall–Kier alpha value is -2.79. The second kappa shape index (κ2) is 8.35. The zero-order valence-corrected chi connectivity index (χ0v) is 14.9. The summed E-state index contributed by atoms with van der Waals surface area (Å²) in [5, 5.41) is 2.81. The molecule has 0 heterocycles. The molecule has 0 fully saturated rings. The molecule has 0 spiro atoms. The average Bonchev–Trinajstić information content (AvgIpc) is 2.63. The minimum Gasteiger partial charge on any atom is -0.484 e. The highest BCUT2D eigenvalue weighted by atomic mass is 79.9. The standard InChI is InChI=1S/C20H16BrNO3/c21-15-7-6-10-17(13-15)24-14-20(23)22-18-11-4-5-12-19(18)25-16-8-2-1-3-9-16/h1-13H,14H2,(H,22,23). The highest BCUT2D eigenvalue weighted by Gasteiger charge is 2.09. The third-order valence-electron chi connectivity index (χ3n) is 3.30. The van der Waals surface area contributed by atoms with Gasteiger partial charge in [0.25, 0.3) is 5.91 Å². The Morgan fingerprint density at radius 1 is 0.880 bits per heavy atom. The first-order valence-electron chi connectivity index (χ1n) is 7.71. The minimum atomic E-state index is -0.260. The van der Waals surface area contributed by atoms with Gasteiger partial charge in [-0.15, -0.1) is 0 Å². The molecule has 0 unspecified atom stereocenters. The fourth-order valence-corrected chi connectivity index (χ4v) is 2.54. The Morgan fingerprint density at radius 3 is 2.40 bits per heavy atom. The van der Waals surface area contributed by atoms with Crippen LogP contribution in [0.25, 0.3) is 0 Å². The monoisotopic (exact) mass is 397 g/mol. The van der Waals surface area contributed by atoms with E-state index in [1.165, 1.54) is 0 Å². The van der Waals surface area contributed by atoms with Gasteiger partial charge in [0, 0.05) is 4.47 Å². The molecule has 126 valence electrons. The van der Waals surface area contributed by atoms with Crippen molar-refractivity contribution in [3.63, 3.8) is 0 Å². The topological polar surface area (TPSA) is 47.6 Å². The van der Waals surface area contributed by atoms with E-state index < -0.39 is 0 Å².